The van der Waals surface area contributed by atoms with Crippen molar-refractivity contribution in [2.75, 3.05) is 19.1 Å². The minimum Gasteiger partial charge on any atom is -0.493 e. The number of hydrogen-bond donors (Lipinski definition) is 2. The molecule has 1 fully saturated rings. The summed E-state index contributed by atoms with van der Waals surface area (Å²) in [4.78, 5) is 38.6. The summed E-state index contributed by atoms with van der Waals surface area (Å²) >= 11 is 0. The molecule has 0 bridgehead atoms. The van der Waals surface area contributed by atoms with Crippen molar-refractivity contribution in [1.29, 1.82) is 0 Å². The molecule has 0 saturated carbocycles. The Kier molecular flexibility index (Phi) is 5.79. The van der Waals surface area contributed by atoms with Crippen LogP contribution >= 0.6 is 0 Å². The van der Waals surface area contributed by atoms with Crippen molar-refractivity contribution in [3.8, 4) is 11.5 Å². The van der Waals surface area contributed by atoms with Crippen LogP contribution in [0.25, 0.3) is 0 Å². The van der Waals surface area contributed by atoms with Gasteiger partial charge in [-0.05, 0) is 54.7 Å². The number of rotatable bonds is 7. The number of nitrogens with zero attached hydrogens (tertiary/aromatic N) is 1. The van der Waals surface area contributed by atoms with Crippen molar-refractivity contribution in [3.05, 3.63) is 53.6 Å². The number of carbonyl (C=O) groups excluding carboxylic acids is 3. The molecule has 2 aromatic rings. The molecule has 4 amide bonds. The summed E-state index contributed by atoms with van der Waals surface area (Å²) in [7, 11) is 3.18. The lowest BCUT2D eigenvalue weighted by molar-refractivity contribution is -0.122. The standard InChI is InChI=1S/C23H25N3O5/c1-30-19-12-14-8-9-17(16(14)13-20(19)31-2)24-21(27)11-10-18-22(28)26(23(29)25-18)15-6-4-3-5-7-15/h3-7,12-13,17-18H,8-11H2,1-2H3,(H,24,27)(H,25,29)/t17-,18+/m1/s1. The van der Waals surface area contributed by atoms with Gasteiger partial charge in [-0.15, -0.1) is 0 Å². The molecule has 2 aromatic carbocycles. The van der Waals surface area contributed by atoms with Gasteiger partial charge in [-0.25, -0.2) is 9.69 Å². The largest absolute Gasteiger partial charge is 0.493 e. The molecule has 8 heteroatoms. The van der Waals surface area contributed by atoms with E-state index in [1.54, 1.807) is 38.5 Å². The number of ether oxygens (including phenoxy) is 2. The van der Waals surface area contributed by atoms with Gasteiger partial charge in [0.05, 0.1) is 25.9 Å². The van der Waals surface area contributed by atoms with Gasteiger partial charge in [-0.3, -0.25) is 9.59 Å². The topological polar surface area (TPSA) is 97.0 Å². The number of aryl methyl sites for hydroxylation is 1. The van der Waals surface area contributed by atoms with E-state index in [9.17, 15) is 14.4 Å². The highest BCUT2D eigenvalue weighted by molar-refractivity contribution is 6.21. The van der Waals surface area contributed by atoms with Crippen molar-refractivity contribution in [2.24, 2.45) is 0 Å². The molecule has 31 heavy (non-hydrogen) atoms. The number of urea groups is 1. The fraction of sp³-hybridized carbons (Fsp3) is 0.348. The molecule has 0 aromatic heterocycles. The van der Waals surface area contributed by atoms with Crippen molar-refractivity contribution in [3.63, 3.8) is 0 Å². The summed E-state index contributed by atoms with van der Waals surface area (Å²) in [6.45, 7) is 0. The number of anilines is 1. The number of nitrogens with one attached hydrogen (secondary N) is 2. The van der Waals surface area contributed by atoms with E-state index < -0.39 is 12.1 Å². The number of para-hydroxylation sites is 1. The van der Waals surface area contributed by atoms with Gasteiger partial charge in [-0.1, -0.05) is 18.2 Å². The van der Waals surface area contributed by atoms with Crippen molar-refractivity contribution < 1.29 is 23.9 Å². The van der Waals surface area contributed by atoms with Crippen LogP contribution in [0.3, 0.4) is 0 Å². The highest BCUT2D eigenvalue weighted by Gasteiger charge is 2.39. The van der Waals surface area contributed by atoms with Crippen LogP contribution in [0.15, 0.2) is 42.5 Å². The van der Waals surface area contributed by atoms with Gasteiger partial charge in [0.2, 0.25) is 5.91 Å². The summed E-state index contributed by atoms with van der Waals surface area (Å²) in [5.41, 5.74) is 2.66. The SMILES string of the molecule is COc1cc2c(cc1OC)[C@H](NC(=O)CC[C@@H]1NC(=O)N(c3ccccc3)C1=O)CC2. The molecule has 2 atom stereocenters. The second-order valence-corrected chi connectivity index (χ2v) is 7.61. The fourth-order valence-corrected chi connectivity index (χ4v) is 4.17. The van der Waals surface area contributed by atoms with E-state index in [2.05, 4.69) is 10.6 Å². The molecular formula is C23H25N3O5. The van der Waals surface area contributed by atoms with Crippen molar-refractivity contribution >= 4 is 23.5 Å². The Balaban J connectivity index is 1.36. The molecule has 1 aliphatic carbocycles. The second-order valence-electron chi connectivity index (χ2n) is 7.61. The number of hydrogen-bond acceptors (Lipinski definition) is 5. The highest BCUT2D eigenvalue weighted by atomic mass is 16.5. The molecular weight excluding hydrogens is 398 g/mol. The van der Waals surface area contributed by atoms with Crippen LogP contribution in [-0.2, 0) is 16.0 Å². The first-order valence-electron chi connectivity index (χ1n) is 10.3. The first kappa shape index (κ1) is 20.7. The molecule has 1 heterocycles. The first-order valence-corrected chi connectivity index (χ1v) is 10.3. The van der Waals surface area contributed by atoms with E-state index in [1.165, 1.54) is 0 Å². The minimum atomic E-state index is -0.710. The first-order chi connectivity index (χ1) is 15.0. The predicted octanol–water partition coefficient (Wildman–Crippen LogP) is 2.71. The third kappa shape index (κ3) is 4.05. The van der Waals surface area contributed by atoms with Gasteiger partial charge < -0.3 is 20.1 Å². The molecule has 2 aliphatic rings. The number of carbonyl (C=O) groups is 3. The lowest BCUT2D eigenvalue weighted by atomic mass is 10.1. The Morgan fingerprint density at radius 1 is 1.13 bits per heavy atom. The summed E-state index contributed by atoms with van der Waals surface area (Å²) in [6.07, 6.45) is 2.01. The molecule has 1 saturated heterocycles. The van der Waals surface area contributed by atoms with Crippen LogP contribution in [0.2, 0.25) is 0 Å². The Bertz CT molecular complexity index is 1010. The molecule has 2 N–H and O–H groups in total. The maximum atomic E-state index is 12.7. The number of benzene rings is 2. The van der Waals surface area contributed by atoms with Crippen LogP contribution in [0.1, 0.15) is 36.4 Å². The Morgan fingerprint density at radius 3 is 2.55 bits per heavy atom. The average molecular weight is 423 g/mol. The minimum absolute atomic E-state index is 0.114. The molecule has 162 valence electrons. The Morgan fingerprint density at radius 2 is 1.84 bits per heavy atom. The molecule has 8 nitrogen and oxygen atoms in total. The van der Waals surface area contributed by atoms with E-state index in [0.29, 0.717) is 17.2 Å². The smallest absolute Gasteiger partial charge is 0.329 e. The van der Waals surface area contributed by atoms with Gasteiger partial charge >= 0.3 is 6.03 Å². The highest BCUT2D eigenvalue weighted by Crippen LogP contribution is 2.39. The average Bonchev–Trinajstić information content (AvgIpc) is 3.30. The van der Waals surface area contributed by atoms with Gasteiger partial charge in [0.1, 0.15) is 6.04 Å². The van der Waals surface area contributed by atoms with Crippen LogP contribution < -0.4 is 25.0 Å². The van der Waals surface area contributed by atoms with Crippen molar-refractivity contribution in [2.45, 2.75) is 37.8 Å². The monoisotopic (exact) mass is 423 g/mol. The van der Waals surface area contributed by atoms with E-state index >= 15 is 0 Å². The zero-order valence-corrected chi connectivity index (χ0v) is 17.5. The molecule has 1 aliphatic heterocycles. The number of amides is 4. The maximum Gasteiger partial charge on any atom is 0.329 e. The van der Waals surface area contributed by atoms with Gasteiger partial charge in [-0.2, -0.15) is 0 Å². The van der Waals surface area contributed by atoms with Crippen molar-refractivity contribution in [1.82, 2.24) is 10.6 Å². The number of imide groups is 1. The van der Waals surface area contributed by atoms with Crippen LogP contribution in [0.4, 0.5) is 10.5 Å². The summed E-state index contributed by atoms with van der Waals surface area (Å²) in [5.74, 6) is 0.800. The van der Waals surface area contributed by atoms with Crippen LogP contribution in [0.5, 0.6) is 11.5 Å². The Labute approximate surface area is 180 Å². The van der Waals surface area contributed by atoms with Crippen LogP contribution in [0, 0.1) is 0 Å². The van der Waals surface area contributed by atoms with E-state index in [4.69, 9.17) is 9.47 Å². The number of methoxy groups -OCH3 is 2. The summed E-state index contributed by atoms with van der Waals surface area (Å²) in [5, 5.41) is 5.72. The maximum absolute atomic E-state index is 12.7. The Hall–Kier alpha value is -3.55. The van der Waals surface area contributed by atoms with E-state index in [0.717, 1.165) is 28.9 Å². The lowest BCUT2D eigenvalue weighted by Gasteiger charge is -2.17. The lowest BCUT2D eigenvalue weighted by Crippen LogP contribution is -2.33. The normalized spacial score (nSPS) is 19.7. The van der Waals surface area contributed by atoms with Gasteiger partial charge in [0.15, 0.2) is 11.5 Å². The van der Waals surface area contributed by atoms with E-state index in [1.807, 2.05) is 18.2 Å². The zero-order valence-electron chi connectivity index (χ0n) is 17.5. The van der Waals surface area contributed by atoms with Gasteiger partial charge in [0.25, 0.3) is 5.91 Å². The number of fused-ring (bicyclic) bond motifs is 1. The zero-order chi connectivity index (χ0) is 22.0. The molecule has 0 radical (unpaired) electrons. The van der Waals surface area contributed by atoms with Gasteiger partial charge in [0, 0.05) is 6.42 Å². The molecule has 0 unspecified atom stereocenters. The third-order valence-electron chi connectivity index (χ3n) is 5.75. The molecule has 0 spiro atoms. The molecule has 4 rings (SSSR count). The fourth-order valence-electron chi connectivity index (χ4n) is 4.17. The summed E-state index contributed by atoms with van der Waals surface area (Å²) in [6, 6.07) is 11.3. The predicted molar refractivity (Wildman–Crippen MR) is 114 cm³/mol. The van der Waals surface area contributed by atoms with Crippen LogP contribution in [-0.4, -0.2) is 38.1 Å². The summed E-state index contributed by atoms with van der Waals surface area (Å²) < 4.78 is 10.7. The third-order valence-corrected chi connectivity index (χ3v) is 5.75. The van der Waals surface area contributed by atoms with E-state index in [-0.39, 0.29) is 30.7 Å². The second kappa shape index (κ2) is 8.67. The quantitative estimate of drug-likeness (QED) is 0.668.